The van der Waals surface area contributed by atoms with Crippen molar-refractivity contribution in [3.63, 3.8) is 0 Å². The lowest BCUT2D eigenvalue weighted by Crippen LogP contribution is -2.35. The molecular weight excluding hydrogens is 380 g/mol. The third-order valence-electron chi connectivity index (χ3n) is 6.36. The third-order valence-corrected chi connectivity index (χ3v) is 6.36. The van der Waals surface area contributed by atoms with Crippen LogP contribution < -0.4 is 15.4 Å². The molecule has 0 saturated carbocycles. The molecule has 6 rings (SSSR count). The van der Waals surface area contributed by atoms with Gasteiger partial charge in [0, 0.05) is 30.9 Å². The largest absolute Gasteiger partial charge is 0.494 e. The zero-order valence-corrected chi connectivity index (χ0v) is 17.0. The van der Waals surface area contributed by atoms with E-state index < -0.39 is 0 Å². The highest BCUT2D eigenvalue weighted by Crippen LogP contribution is 2.34. The van der Waals surface area contributed by atoms with E-state index in [2.05, 4.69) is 19.7 Å². The summed E-state index contributed by atoms with van der Waals surface area (Å²) in [5.41, 5.74) is 10.3. The van der Waals surface area contributed by atoms with E-state index in [1.807, 2.05) is 24.4 Å². The molecule has 154 valence electrons. The molecule has 1 saturated heterocycles. The molecule has 9 heteroatoms. The second-order valence-electron chi connectivity index (χ2n) is 8.12. The van der Waals surface area contributed by atoms with Crippen molar-refractivity contribution in [1.29, 1.82) is 0 Å². The average Bonchev–Trinajstić information content (AvgIpc) is 3.49. The summed E-state index contributed by atoms with van der Waals surface area (Å²) in [6, 6.07) is 5.81. The van der Waals surface area contributed by atoms with Gasteiger partial charge in [-0.2, -0.15) is 9.61 Å². The first-order chi connectivity index (χ1) is 14.7. The Kier molecular flexibility index (Phi) is 3.84. The minimum atomic E-state index is 0.246. The van der Waals surface area contributed by atoms with Crippen LogP contribution in [-0.4, -0.2) is 49.6 Å². The molecule has 0 unspecified atom stereocenters. The highest BCUT2D eigenvalue weighted by atomic mass is 16.5. The molecule has 0 bridgehead atoms. The van der Waals surface area contributed by atoms with Gasteiger partial charge < -0.3 is 15.4 Å². The van der Waals surface area contributed by atoms with Gasteiger partial charge in [0.05, 0.1) is 24.7 Å². The quantitative estimate of drug-likeness (QED) is 0.560. The third kappa shape index (κ3) is 2.54. The molecule has 1 aromatic carbocycles. The fraction of sp³-hybridized carbons (Fsp3) is 0.429. The number of anilines is 2. The Balaban J connectivity index is 1.39. The summed E-state index contributed by atoms with van der Waals surface area (Å²) in [5.74, 6) is 2.08. The van der Waals surface area contributed by atoms with Crippen LogP contribution >= 0.6 is 0 Å². The molecule has 3 aromatic heterocycles. The predicted octanol–water partition coefficient (Wildman–Crippen LogP) is 2.40. The van der Waals surface area contributed by atoms with Crippen LogP contribution in [0.15, 0.2) is 24.4 Å². The molecule has 2 aliphatic rings. The minimum Gasteiger partial charge on any atom is -0.494 e. The normalized spacial score (nSPS) is 19.0. The number of nitrogens with two attached hydrogens (primary N) is 1. The molecule has 2 aliphatic heterocycles. The van der Waals surface area contributed by atoms with E-state index in [1.165, 1.54) is 17.8 Å². The number of rotatable bonds is 3. The van der Waals surface area contributed by atoms with Crippen LogP contribution in [0.1, 0.15) is 36.7 Å². The first-order valence-electron chi connectivity index (χ1n) is 10.5. The average molecular weight is 404 g/mol. The van der Waals surface area contributed by atoms with E-state index in [0.29, 0.717) is 17.2 Å². The number of nitrogen functional groups attached to an aromatic ring is 1. The number of benzene rings is 1. The van der Waals surface area contributed by atoms with Crippen molar-refractivity contribution in [2.24, 2.45) is 0 Å². The number of nitrogens with zero attached hydrogens (tertiary/aromatic N) is 7. The van der Waals surface area contributed by atoms with Gasteiger partial charge in [0.1, 0.15) is 11.3 Å². The van der Waals surface area contributed by atoms with Crippen LogP contribution in [0.3, 0.4) is 0 Å². The highest BCUT2D eigenvalue weighted by molar-refractivity contribution is 5.95. The number of hydrogen-bond donors (Lipinski definition) is 1. The van der Waals surface area contributed by atoms with Crippen LogP contribution in [-0.2, 0) is 13.0 Å². The van der Waals surface area contributed by atoms with E-state index in [9.17, 15) is 0 Å². The highest BCUT2D eigenvalue weighted by Gasteiger charge is 2.29. The first kappa shape index (κ1) is 17.5. The van der Waals surface area contributed by atoms with Crippen molar-refractivity contribution >= 4 is 28.2 Å². The fourth-order valence-electron chi connectivity index (χ4n) is 4.90. The number of aromatic nitrogens is 6. The van der Waals surface area contributed by atoms with Gasteiger partial charge in [0.25, 0.3) is 0 Å². The molecule has 1 atom stereocenters. The van der Waals surface area contributed by atoms with Gasteiger partial charge in [-0.3, -0.25) is 4.68 Å². The molecule has 0 radical (unpaired) electrons. The van der Waals surface area contributed by atoms with Crippen LogP contribution in [0.2, 0.25) is 0 Å². The fourth-order valence-corrected chi connectivity index (χ4v) is 4.90. The molecule has 0 spiro atoms. The zero-order valence-electron chi connectivity index (χ0n) is 17.0. The Hall–Kier alpha value is -3.36. The summed E-state index contributed by atoms with van der Waals surface area (Å²) in [6.07, 6.45) is 6.48. The Morgan fingerprint density at radius 1 is 1.17 bits per heavy atom. The number of para-hydroxylation sites is 1. The standard InChI is InChI=1S/C21H24N8O/c1-30-17-8-2-6-14-18(17)24-21(22)29-20(14)25-19(26-29)13-5-3-9-27(12-13)16-11-23-28-10-4-7-15(16)28/h2,6,8,11,13H,3-5,7,9-10,12H2,1H3,(H2,22,24)/t13-/m1/s1. The second-order valence-corrected chi connectivity index (χ2v) is 8.12. The molecule has 1 fully saturated rings. The van der Waals surface area contributed by atoms with Gasteiger partial charge in [-0.25, -0.2) is 9.97 Å². The predicted molar refractivity (Wildman–Crippen MR) is 114 cm³/mol. The lowest BCUT2D eigenvalue weighted by Gasteiger charge is -2.32. The molecular formula is C21H24N8O. The maximum absolute atomic E-state index is 6.23. The first-order valence-corrected chi connectivity index (χ1v) is 10.5. The smallest absolute Gasteiger partial charge is 0.223 e. The van der Waals surface area contributed by atoms with E-state index in [4.69, 9.17) is 20.6 Å². The Bertz CT molecular complexity index is 1260. The monoisotopic (exact) mass is 404 g/mol. The van der Waals surface area contributed by atoms with Crippen molar-refractivity contribution in [1.82, 2.24) is 29.4 Å². The molecule has 4 aromatic rings. The summed E-state index contributed by atoms with van der Waals surface area (Å²) < 4.78 is 9.26. The van der Waals surface area contributed by atoms with Gasteiger partial charge in [-0.05, 0) is 37.8 Å². The van der Waals surface area contributed by atoms with Gasteiger partial charge >= 0.3 is 0 Å². The number of hydrogen-bond acceptors (Lipinski definition) is 7. The Morgan fingerprint density at radius 2 is 2.10 bits per heavy atom. The molecule has 9 nitrogen and oxygen atoms in total. The van der Waals surface area contributed by atoms with Crippen molar-refractivity contribution in [3.8, 4) is 5.75 Å². The van der Waals surface area contributed by atoms with E-state index in [0.717, 1.165) is 55.8 Å². The van der Waals surface area contributed by atoms with Crippen LogP contribution in [0.25, 0.3) is 16.6 Å². The summed E-state index contributed by atoms with van der Waals surface area (Å²) in [7, 11) is 1.64. The number of methoxy groups -OCH3 is 1. The lowest BCUT2D eigenvalue weighted by atomic mass is 9.97. The van der Waals surface area contributed by atoms with Gasteiger partial charge in [-0.15, -0.1) is 5.10 Å². The molecule has 2 N–H and O–H groups in total. The second kappa shape index (κ2) is 6.58. The maximum Gasteiger partial charge on any atom is 0.223 e. The molecule has 30 heavy (non-hydrogen) atoms. The van der Waals surface area contributed by atoms with Gasteiger partial charge in [0.2, 0.25) is 5.95 Å². The van der Waals surface area contributed by atoms with E-state index in [1.54, 1.807) is 11.6 Å². The molecule has 0 aliphatic carbocycles. The summed E-state index contributed by atoms with van der Waals surface area (Å²) in [6.45, 7) is 2.97. The van der Waals surface area contributed by atoms with Crippen molar-refractivity contribution in [3.05, 3.63) is 35.9 Å². The number of aryl methyl sites for hydroxylation is 1. The molecule has 0 amide bonds. The SMILES string of the molecule is COc1cccc2c1nc(N)n1nc([C@@H]3CCCN(c4cnn5c4CCC5)C3)nc21. The van der Waals surface area contributed by atoms with Crippen LogP contribution in [0, 0.1) is 0 Å². The van der Waals surface area contributed by atoms with Gasteiger partial charge in [0.15, 0.2) is 11.5 Å². The minimum absolute atomic E-state index is 0.246. The van der Waals surface area contributed by atoms with Crippen LogP contribution in [0.4, 0.5) is 11.6 Å². The Labute approximate surface area is 173 Å². The van der Waals surface area contributed by atoms with Crippen LogP contribution in [0.5, 0.6) is 5.75 Å². The summed E-state index contributed by atoms with van der Waals surface area (Å²) in [4.78, 5) is 11.9. The van der Waals surface area contributed by atoms with Gasteiger partial charge in [-0.1, -0.05) is 6.07 Å². The Morgan fingerprint density at radius 3 is 3.00 bits per heavy atom. The number of ether oxygens (including phenoxy) is 1. The van der Waals surface area contributed by atoms with E-state index >= 15 is 0 Å². The number of piperidine rings is 1. The summed E-state index contributed by atoms with van der Waals surface area (Å²) in [5, 5.41) is 10.2. The number of fused-ring (bicyclic) bond motifs is 4. The molecule has 5 heterocycles. The lowest BCUT2D eigenvalue weighted by molar-refractivity contribution is 0.419. The van der Waals surface area contributed by atoms with E-state index in [-0.39, 0.29) is 5.92 Å². The maximum atomic E-state index is 6.23. The summed E-state index contributed by atoms with van der Waals surface area (Å²) >= 11 is 0. The van der Waals surface area contributed by atoms with Crippen molar-refractivity contribution in [2.45, 2.75) is 38.1 Å². The zero-order chi connectivity index (χ0) is 20.2. The van der Waals surface area contributed by atoms with Crippen molar-refractivity contribution < 1.29 is 4.74 Å². The topological polar surface area (TPSA) is 99.4 Å². The van der Waals surface area contributed by atoms with Crippen molar-refractivity contribution in [2.75, 3.05) is 30.8 Å².